The molecule has 10 heteroatoms. The lowest BCUT2D eigenvalue weighted by molar-refractivity contribution is -0.164. The highest BCUT2D eigenvalue weighted by molar-refractivity contribution is 5.97. The lowest BCUT2D eigenvalue weighted by Crippen LogP contribution is -2.45. The number of ether oxygens (including phenoxy) is 4. The number of fused-ring (bicyclic) bond motifs is 1. The summed E-state index contributed by atoms with van der Waals surface area (Å²) in [5, 5.41) is 0.764. The zero-order chi connectivity index (χ0) is 34.9. The SMILES string of the molecule is C=CC1CC1N(C(=O)OCC)C(=O)C1CC(Oc2cc(-c3cccc(C(C)C)n3)nc3c(C)c(OC)ccc23)CC1C(=O)OC(C)(C)C. The molecule has 256 valence electrons. The Morgan fingerprint density at radius 1 is 1.02 bits per heavy atom. The molecule has 0 bridgehead atoms. The summed E-state index contributed by atoms with van der Waals surface area (Å²) in [7, 11) is 1.62. The fraction of sp³-hybridized carbons (Fsp3) is 0.500. The highest BCUT2D eigenvalue weighted by Gasteiger charge is 2.53. The number of benzene rings is 1. The van der Waals surface area contributed by atoms with E-state index >= 15 is 0 Å². The largest absolute Gasteiger partial charge is 0.496 e. The summed E-state index contributed by atoms with van der Waals surface area (Å²) in [6.07, 6.45) is 1.54. The van der Waals surface area contributed by atoms with Crippen LogP contribution in [0.25, 0.3) is 22.3 Å². The van der Waals surface area contributed by atoms with Crippen LogP contribution >= 0.6 is 0 Å². The number of pyridine rings is 2. The van der Waals surface area contributed by atoms with Gasteiger partial charge in [-0.3, -0.25) is 14.6 Å². The number of nitrogens with zero attached hydrogens (tertiary/aromatic N) is 3. The summed E-state index contributed by atoms with van der Waals surface area (Å²) in [5.41, 5.74) is 3.05. The molecule has 2 aromatic heterocycles. The molecule has 2 heterocycles. The summed E-state index contributed by atoms with van der Waals surface area (Å²) in [6, 6.07) is 11.2. The van der Waals surface area contributed by atoms with Gasteiger partial charge in [-0.1, -0.05) is 26.0 Å². The number of rotatable bonds is 10. The molecule has 5 unspecified atom stereocenters. The highest BCUT2D eigenvalue weighted by Crippen LogP contribution is 2.44. The van der Waals surface area contributed by atoms with Gasteiger partial charge in [0, 0.05) is 22.7 Å². The number of hydrogen-bond donors (Lipinski definition) is 0. The Hall–Kier alpha value is -4.47. The second kappa shape index (κ2) is 13.9. The summed E-state index contributed by atoms with van der Waals surface area (Å²) in [6.45, 7) is 17.2. The number of carbonyl (C=O) groups excluding carboxylic acids is 3. The maximum atomic E-state index is 14.2. The van der Waals surface area contributed by atoms with Crippen LogP contribution in [0.1, 0.15) is 78.0 Å². The standard InChI is InChI=1S/C38H47N3O7/c1-10-23-17-31(23)41(37(44)46-11-2)35(42)26-18-24(19-27(26)36(43)48-38(6,7)8)47-33-20-30(29-14-12-13-28(39-29)21(3)4)40-34-22(5)32(45-9)16-15-25(33)34/h10,12-16,20-21,23-24,26-27,31H,1,11,17-19H2,2-9H3. The van der Waals surface area contributed by atoms with E-state index in [-0.39, 0.29) is 37.3 Å². The van der Waals surface area contributed by atoms with Crippen molar-refractivity contribution in [3.63, 3.8) is 0 Å². The number of hydrogen-bond acceptors (Lipinski definition) is 9. The van der Waals surface area contributed by atoms with E-state index in [2.05, 4.69) is 20.4 Å². The number of aryl methyl sites for hydroxylation is 1. The number of carbonyl (C=O) groups is 3. The molecule has 2 aliphatic carbocycles. The molecule has 3 aromatic rings. The van der Waals surface area contributed by atoms with Crippen LogP contribution in [0.4, 0.5) is 4.79 Å². The fourth-order valence-electron chi connectivity index (χ4n) is 6.43. The topological polar surface area (TPSA) is 117 Å². The van der Waals surface area contributed by atoms with E-state index in [4.69, 9.17) is 28.9 Å². The Morgan fingerprint density at radius 2 is 1.75 bits per heavy atom. The van der Waals surface area contributed by atoms with Crippen LogP contribution in [0.5, 0.6) is 11.5 Å². The van der Waals surface area contributed by atoms with Gasteiger partial charge in [0.1, 0.15) is 23.2 Å². The van der Waals surface area contributed by atoms with E-state index in [1.54, 1.807) is 40.9 Å². The molecular weight excluding hydrogens is 610 g/mol. The summed E-state index contributed by atoms with van der Waals surface area (Å²) in [4.78, 5) is 52.0. The van der Waals surface area contributed by atoms with Crippen LogP contribution < -0.4 is 9.47 Å². The van der Waals surface area contributed by atoms with Crippen molar-refractivity contribution in [3.8, 4) is 22.9 Å². The Morgan fingerprint density at radius 3 is 2.38 bits per heavy atom. The van der Waals surface area contributed by atoms with Gasteiger partial charge < -0.3 is 18.9 Å². The molecular formula is C38H47N3O7. The predicted octanol–water partition coefficient (Wildman–Crippen LogP) is 7.41. The molecule has 2 amide bonds. The second-order valence-corrected chi connectivity index (χ2v) is 14.0. The number of methoxy groups -OCH3 is 1. The summed E-state index contributed by atoms with van der Waals surface area (Å²) >= 11 is 0. The van der Waals surface area contributed by atoms with E-state index < -0.39 is 41.5 Å². The van der Waals surface area contributed by atoms with Crippen molar-refractivity contribution in [2.45, 2.75) is 91.4 Å². The average molecular weight is 658 g/mol. The van der Waals surface area contributed by atoms with Gasteiger partial charge in [0.15, 0.2) is 0 Å². The minimum Gasteiger partial charge on any atom is -0.496 e. The van der Waals surface area contributed by atoms with Gasteiger partial charge >= 0.3 is 12.1 Å². The van der Waals surface area contributed by atoms with E-state index in [9.17, 15) is 14.4 Å². The Labute approximate surface area is 282 Å². The van der Waals surface area contributed by atoms with Crippen LogP contribution in [-0.2, 0) is 19.1 Å². The lowest BCUT2D eigenvalue weighted by atomic mass is 9.94. The monoisotopic (exact) mass is 657 g/mol. The minimum absolute atomic E-state index is 0.0172. The van der Waals surface area contributed by atoms with Crippen molar-refractivity contribution in [1.82, 2.24) is 14.9 Å². The van der Waals surface area contributed by atoms with E-state index in [1.807, 2.05) is 43.3 Å². The maximum absolute atomic E-state index is 14.2. The fourth-order valence-corrected chi connectivity index (χ4v) is 6.43. The normalized spacial score (nSPS) is 21.9. The molecule has 0 aliphatic heterocycles. The van der Waals surface area contributed by atoms with Crippen molar-refractivity contribution in [3.05, 3.63) is 60.3 Å². The number of amides is 2. The van der Waals surface area contributed by atoms with Crippen molar-refractivity contribution < 1.29 is 33.3 Å². The number of imide groups is 1. The van der Waals surface area contributed by atoms with Crippen molar-refractivity contribution in [2.75, 3.05) is 13.7 Å². The molecule has 0 spiro atoms. The first-order valence-corrected chi connectivity index (χ1v) is 16.7. The zero-order valence-electron chi connectivity index (χ0n) is 29.2. The molecule has 5 rings (SSSR count). The first-order valence-electron chi connectivity index (χ1n) is 16.7. The average Bonchev–Trinajstić information content (AvgIpc) is 3.68. The molecule has 10 nitrogen and oxygen atoms in total. The molecule has 1 aromatic carbocycles. The van der Waals surface area contributed by atoms with Gasteiger partial charge in [0.2, 0.25) is 5.91 Å². The Balaban J connectivity index is 1.54. The van der Waals surface area contributed by atoms with Crippen molar-refractivity contribution >= 4 is 28.9 Å². The van der Waals surface area contributed by atoms with E-state index in [1.165, 1.54) is 4.90 Å². The first kappa shape index (κ1) is 34.9. The molecule has 2 saturated carbocycles. The van der Waals surface area contributed by atoms with E-state index in [0.29, 0.717) is 34.8 Å². The molecule has 0 N–H and O–H groups in total. The van der Waals surface area contributed by atoms with Crippen molar-refractivity contribution in [1.29, 1.82) is 0 Å². The Kier molecular flexibility index (Phi) is 10.1. The lowest BCUT2D eigenvalue weighted by Gasteiger charge is -2.27. The molecule has 5 atom stereocenters. The summed E-state index contributed by atoms with van der Waals surface area (Å²) in [5.74, 6) is -1.17. The third-order valence-corrected chi connectivity index (χ3v) is 8.97. The van der Waals surface area contributed by atoms with Crippen molar-refractivity contribution in [2.24, 2.45) is 17.8 Å². The van der Waals surface area contributed by atoms with Gasteiger partial charge in [0.05, 0.1) is 48.5 Å². The molecule has 48 heavy (non-hydrogen) atoms. The van der Waals surface area contributed by atoms with Crippen LogP contribution in [0.15, 0.2) is 49.1 Å². The van der Waals surface area contributed by atoms with Gasteiger partial charge in [-0.15, -0.1) is 6.58 Å². The number of esters is 1. The van der Waals surface area contributed by atoms with Gasteiger partial charge in [-0.2, -0.15) is 0 Å². The van der Waals surface area contributed by atoms with Crippen LogP contribution in [0.2, 0.25) is 0 Å². The Bertz CT molecular complexity index is 1710. The maximum Gasteiger partial charge on any atom is 0.416 e. The molecule has 0 radical (unpaired) electrons. The second-order valence-electron chi connectivity index (χ2n) is 14.0. The van der Waals surface area contributed by atoms with Crippen LogP contribution in [-0.4, -0.2) is 64.3 Å². The van der Waals surface area contributed by atoms with Crippen LogP contribution in [0.3, 0.4) is 0 Å². The zero-order valence-corrected chi connectivity index (χ0v) is 29.2. The van der Waals surface area contributed by atoms with Gasteiger partial charge in [0.25, 0.3) is 0 Å². The number of aromatic nitrogens is 2. The molecule has 2 aliphatic rings. The summed E-state index contributed by atoms with van der Waals surface area (Å²) < 4.78 is 23.4. The van der Waals surface area contributed by atoms with Gasteiger partial charge in [-0.05, 0) is 90.0 Å². The smallest absolute Gasteiger partial charge is 0.416 e. The molecule has 0 saturated heterocycles. The minimum atomic E-state index is -0.848. The van der Waals surface area contributed by atoms with Gasteiger partial charge in [-0.25, -0.2) is 14.7 Å². The third-order valence-electron chi connectivity index (χ3n) is 8.97. The highest BCUT2D eigenvalue weighted by atomic mass is 16.6. The van der Waals surface area contributed by atoms with Crippen LogP contribution in [0, 0.1) is 24.7 Å². The third kappa shape index (κ3) is 7.32. The predicted molar refractivity (Wildman–Crippen MR) is 183 cm³/mol. The quantitative estimate of drug-likeness (QED) is 0.162. The first-order chi connectivity index (χ1) is 22.8. The molecule has 2 fully saturated rings. The van der Waals surface area contributed by atoms with E-state index in [0.717, 1.165) is 16.6 Å².